The minimum Gasteiger partial charge on any atom is -0.357 e. The lowest BCUT2D eigenvalue weighted by molar-refractivity contribution is -0.127. The smallest absolute Gasteiger partial charge is 0.267 e. The standard InChI is InChI=1S/C20H23N3O2S/c24-19(13-26-15-5-2-1-3-6-15)23-11-16(14-8-9-14)18(12-23)22-20(25)17-7-4-10-21-17/h1-7,10,14,16,18,21H,8-9,11-13H2,(H,22,25). The van der Waals surface area contributed by atoms with E-state index in [0.29, 0.717) is 29.8 Å². The predicted octanol–water partition coefficient (Wildman–Crippen LogP) is 2.77. The SMILES string of the molecule is O=C(NC1CN(C(=O)CSc2ccccc2)CC1C1CC1)c1ccc[nH]1. The number of nitrogens with one attached hydrogen (secondary N) is 2. The summed E-state index contributed by atoms with van der Waals surface area (Å²) >= 11 is 1.57. The van der Waals surface area contributed by atoms with Crippen LogP contribution in [0.5, 0.6) is 0 Å². The first-order chi connectivity index (χ1) is 12.7. The summed E-state index contributed by atoms with van der Waals surface area (Å²) in [6.45, 7) is 1.37. The molecule has 6 heteroatoms. The summed E-state index contributed by atoms with van der Waals surface area (Å²) in [6, 6.07) is 13.6. The Hall–Kier alpha value is -2.21. The largest absolute Gasteiger partial charge is 0.357 e. The number of hydrogen-bond donors (Lipinski definition) is 2. The van der Waals surface area contributed by atoms with Crippen LogP contribution in [-0.4, -0.2) is 46.6 Å². The van der Waals surface area contributed by atoms with Crippen LogP contribution < -0.4 is 5.32 Å². The highest BCUT2D eigenvalue weighted by Gasteiger charge is 2.44. The average molecular weight is 369 g/mol. The van der Waals surface area contributed by atoms with Crippen LogP contribution in [-0.2, 0) is 4.79 Å². The van der Waals surface area contributed by atoms with Gasteiger partial charge in [0.2, 0.25) is 5.91 Å². The minimum atomic E-state index is -0.0846. The third-order valence-electron chi connectivity index (χ3n) is 5.21. The van der Waals surface area contributed by atoms with Gasteiger partial charge in [-0.2, -0.15) is 0 Å². The fourth-order valence-electron chi connectivity index (χ4n) is 3.66. The van der Waals surface area contributed by atoms with Crippen molar-refractivity contribution in [1.82, 2.24) is 15.2 Å². The van der Waals surface area contributed by atoms with Gasteiger partial charge < -0.3 is 15.2 Å². The Morgan fingerprint density at radius 3 is 2.62 bits per heavy atom. The summed E-state index contributed by atoms with van der Waals surface area (Å²) in [6.07, 6.45) is 4.17. The van der Waals surface area contributed by atoms with Crippen molar-refractivity contribution >= 4 is 23.6 Å². The number of rotatable bonds is 6. The van der Waals surface area contributed by atoms with Gasteiger partial charge in [0.1, 0.15) is 5.69 Å². The van der Waals surface area contributed by atoms with Gasteiger partial charge in [0.05, 0.1) is 11.8 Å². The van der Waals surface area contributed by atoms with Gasteiger partial charge in [0.25, 0.3) is 5.91 Å². The highest BCUT2D eigenvalue weighted by Crippen LogP contribution is 2.41. The van der Waals surface area contributed by atoms with Crippen LogP contribution in [0.1, 0.15) is 23.3 Å². The molecule has 0 bridgehead atoms. The van der Waals surface area contributed by atoms with E-state index < -0.39 is 0 Å². The van der Waals surface area contributed by atoms with E-state index in [1.807, 2.05) is 41.3 Å². The monoisotopic (exact) mass is 369 g/mol. The first-order valence-corrected chi connectivity index (χ1v) is 10.1. The van der Waals surface area contributed by atoms with Crippen molar-refractivity contribution in [2.24, 2.45) is 11.8 Å². The summed E-state index contributed by atoms with van der Waals surface area (Å²) < 4.78 is 0. The van der Waals surface area contributed by atoms with Crippen LogP contribution in [0, 0.1) is 11.8 Å². The molecule has 1 saturated heterocycles. The van der Waals surface area contributed by atoms with Crippen molar-refractivity contribution < 1.29 is 9.59 Å². The summed E-state index contributed by atoms with van der Waals surface area (Å²) in [7, 11) is 0. The van der Waals surface area contributed by atoms with E-state index in [1.165, 1.54) is 12.8 Å². The van der Waals surface area contributed by atoms with E-state index >= 15 is 0 Å². The number of hydrogen-bond acceptors (Lipinski definition) is 3. The molecular formula is C20H23N3O2S. The molecule has 4 rings (SSSR count). The zero-order valence-corrected chi connectivity index (χ0v) is 15.4. The van der Waals surface area contributed by atoms with E-state index in [0.717, 1.165) is 11.4 Å². The maximum Gasteiger partial charge on any atom is 0.267 e. The van der Waals surface area contributed by atoms with Crippen LogP contribution in [0.4, 0.5) is 0 Å². The molecule has 2 aromatic rings. The maximum atomic E-state index is 12.7. The van der Waals surface area contributed by atoms with E-state index in [2.05, 4.69) is 10.3 Å². The summed E-state index contributed by atoms with van der Waals surface area (Å²) in [4.78, 5) is 31.0. The van der Waals surface area contributed by atoms with E-state index in [9.17, 15) is 9.59 Å². The van der Waals surface area contributed by atoms with Crippen molar-refractivity contribution in [2.75, 3.05) is 18.8 Å². The van der Waals surface area contributed by atoms with Crippen LogP contribution in [0.25, 0.3) is 0 Å². The zero-order valence-electron chi connectivity index (χ0n) is 14.6. The number of carbonyl (C=O) groups excluding carboxylic acids is 2. The molecule has 0 spiro atoms. The summed E-state index contributed by atoms with van der Waals surface area (Å²) in [5.41, 5.74) is 0.573. The average Bonchev–Trinajstić information content (AvgIpc) is 3.19. The molecule has 2 unspecified atom stereocenters. The molecule has 2 N–H and O–H groups in total. The van der Waals surface area contributed by atoms with Gasteiger partial charge >= 0.3 is 0 Å². The minimum absolute atomic E-state index is 0.0453. The van der Waals surface area contributed by atoms with Crippen molar-refractivity contribution in [2.45, 2.75) is 23.8 Å². The van der Waals surface area contributed by atoms with E-state index in [1.54, 1.807) is 24.0 Å². The molecule has 0 radical (unpaired) electrons. The van der Waals surface area contributed by atoms with E-state index in [4.69, 9.17) is 0 Å². The first kappa shape index (κ1) is 17.2. The fourth-order valence-corrected chi connectivity index (χ4v) is 4.48. The van der Waals surface area contributed by atoms with Crippen molar-refractivity contribution in [3.8, 4) is 0 Å². The summed E-state index contributed by atoms with van der Waals surface area (Å²) in [5, 5.41) is 3.14. The van der Waals surface area contributed by atoms with Crippen LogP contribution in [0.2, 0.25) is 0 Å². The zero-order chi connectivity index (χ0) is 17.9. The molecule has 1 aliphatic carbocycles. The lowest BCUT2D eigenvalue weighted by atomic mass is 9.98. The molecular weight excluding hydrogens is 346 g/mol. The second-order valence-corrected chi connectivity index (χ2v) is 8.11. The number of nitrogens with zero attached hydrogens (tertiary/aromatic N) is 1. The number of thioether (sulfide) groups is 1. The Labute approximate surface area is 157 Å². The lowest BCUT2D eigenvalue weighted by Crippen LogP contribution is -2.41. The Morgan fingerprint density at radius 2 is 1.92 bits per heavy atom. The maximum absolute atomic E-state index is 12.7. The Kier molecular flexibility index (Phi) is 5.02. The molecule has 2 amide bonds. The van der Waals surface area contributed by atoms with Gasteiger partial charge in [0.15, 0.2) is 0 Å². The third kappa shape index (κ3) is 3.96. The second kappa shape index (κ2) is 7.58. The molecule has 26 heavy (non-hydrogen) atoms. The van der Waals surface area contributed by atoms with Crippen molar-refractivity contribution in [3.63, 3.8) is 0 Å². The molecule has 2 atom stereocenters. The highest BCUT2D eigenvalue weighted by molar-refractivity contribution is 8.00. The van der Waals surface area contributed by atoms with Crippen molar-refractivity contribution in [1.29, 1.82) is 0 Å². The molecule has 2 fully saturated rings. The van der Waals surface area contributed by atoms with Crippen LogP contribution in [0.3, 0.4) is 0 Å². The van der Waals surface area contributed by atoms with Gasteiger partial charge in [0, 0.05) is 30.1 Å². The van der Waals surface area contributed by atoms with Crippen molar-refractivity contribution in [3.05, 3.63) is 54.4 Å². The molecule has 2 heterocycles. The number of benzene rings is 1. The number of carbonyl (C=O) groups is 2. The molecule has 1 aromatic heterocycles. The van der Waals surface area contributed by atoms with Crippen LogP contribution >= 0.6 is 11.8 Å². The van der Waals surface area contributed by atoms with Gasteiger partial charge in [-0.15, -0.1) is 11.8 Å². The number of amides is 2. The topological polar surface area (TPSA) is 65.2 Å². The predicted molar refractivity (Wildman–Crippen MR) is 102 cm³/mol. The molecule has 1 aromatic carbocycles. The normalized spacial score (nSPS) is 22.4. The summed E-state index contributed by atoms with van der Waals surface area (Å²) in [5.74, 6) is 1.53. The van der Waals surface area contributed by atoms with Gasteiger partial charge in [-0.25, -0.2) is 0 Å². The number of H-pyrrole nitrogens is 1. The van der Waals surface area contributed by atoms with E-state index in [-0.39, 0.29) is 17.9 Å². The van der Waals surface area contributed by atoms with Gasteiger partial charge in [-0.3, -0.25) is 9.59 Å². The lowest BCUT2D eigenvalue weighted by Gasteiger charge is -2.18. The Balaban J connectivity index is 1.36. The molecule has 2 aliphatic rings. The third-order valence-corrected chi connectivity index (χ3v) is 6.21. The van der Waals surface area contributed by atoms with Crippen LogP contribution in [0.15, 0.2) is 53.6 Å². The highest BCUT2D eigenvalue weighted by atomic mass is 32.2. The molecule has 136 valence electrons. The molecule has 5 nitrogen and oxygen atoms in total. The Bertz CT molecular complexity index is 759. The second-order valence-electron chi connectivity index (χ2n) is 7.07. The molecule has 1 saturated carbocycles. The molecule has 1 aliphatic heterocycles. The number of aromatic amines is 1. The first-order valence-electron chi connectivity index (χ1n) is 9.10. The Morgan fingerprint density at radius 1 is 1.12 bits per heavy atom. The fraction of sp³-hybridized carbons (Fsp3) is 0.400. The number of aromatic nitrogens is 1. The quantitative estimate of drug-likeness (QED) is 0.770. The van der Waals surface area contributed by atoms with Gasteiger partial charge in [-0.05, 0) is 43.0 Å². The number of likely N-dealkylation sites (tertiary alicyclic amines) is 1. The van der Waals surface area contributed by atoms with Gasteiger partial charge in [-0.1, -0.05) is 18.2 Å².